The Bertz CT molecular complexity index is 1380. The number of rotatable bonds is 4. The highest BCUT2D eigenvalue weighted by molar-refractivity contribution is 5.95. The predicted molar refractivity (Wildman–Crippen MR) is 173 cm³/mol. The van der Waals surface area contributed by atoms with E-state index < -0.39 is 5.41 Å². The van der Waals surface area contributed by atoms with E-state index in [1.54, 1.807) is 0 Å². The molecule has 4 fully saturated rings. The Labute approximate surface area is 265 Å². The van der Waals surface area contributed by atoms with E-state index in [1.807, 2.05) is 18.2 Å². The average molecular weight is 602 g/mol. The van der Waals surface area contributed by atoms with Gasteiger partial charge in [-0.3, -0.25) is 14.4 Å². The number of nitrogens with one attached hydrogen (secondary N) is 1. The molecule has 6 rings (SSSR count). The molecule has 5 aliphatic rings. The Balaban J connectivity index is 1.32. The molecule has 0 heterocycles. The number of carbonyl (C=O) groups is 3. The predicted octanol–water partition coefficient (Wildman–Crippen LogP) is 8.22. The molecule has 0 aliphatic heterocycles. The van der Waals surface area contributed by atoms with Gasteiger partial charge in [-0.05, 0) is 103 Å². The molecule has 5 heteroatoms. The van der Waals surface area contributed by atoms with Crippen molar-refractivity contribution in [1.29, 1.82) is 0 Å². The van der Waals surface area contributed by atoms with E-state index in [2.05, 4.69) is 72.0 Å². The van der Waals surface area contributed by atoms with Gasteiger partial charge in [0.05, 0.1) is 0 Å². The average Bonchev–Trinajstić information content (AvgIpc) is 2.95. The largest absolute Gasteiger partial charge is 0.462 e. The lowest BCUT2D eigenvalue weighted by Crippen LogP contribution is -2.66. The van der Waals surface area contributed by atoms with Gasteiger partial charge in [-0.1, -0.05) is 84.4 Å². The molecule has 5 aliphatic carbocycles. The second-order valence-electron chi connectivity index (χ2n) is 17.4. The van der Waals surface area contributed by atoms with Crippen molar-refractivity contribution in [3.8, 4) is 0 Å². The summed E-state index contributed by atoms with van der Waals surface area (Å²) in [7, 11) is 0. The first-order chi connectivity index (χ1) is 20.5. The molecule has 5 nitrogen and oxygen atoms in total. The molecule has 0 bridgehead atoms. The molecule has 0 saturated heterocycles. The van der Waals surface area contributed by atoms with Crippen LogP contribution < -0.4 is 5.32 Å². The summed E-state index contributed by atoms with van der Waals surface area (Å²) in [5, 5.41) is 3.26. The first kappa shape index (κ1) is 31.5. The summed E-state index contributed by atoms with van der Waals surface area (Å²) in [6.07, 6.45) is 10.7. The molecule has 0 aromatic heterocycles. The first-order valence-electron chi connectivity index (χ1n) is 17.3. The van der Waals surface area contributed by atoms with Crippen molar-refractivity contribution in [2.75, 3.05) is 0 Å². The maximum absolute atomic E-state index is 14.7. The lowest BCUT2D eigenvalue weighted by molar-refractivity contribution is -0.210. The van der Waals surface area contributed by atoms with Gasteiger partial charge in [0.15, 0.2) is 5.78 Å². The van der Waals surface area contributed by atoms with Crippen LogP contribution in [-0.4, -0.2) is 23.8 Å². The van der Waals surface area contributed by atoms with Crippen LogP contribution in [0.15, 0.2) is 42.0 Å². The molecule has 1 aromatic carbocycles. The van der Waals surface area contributed by atoms with Gasteiger partial charge in [-0.25, -0.2) is 0 Å². The zero-order chi connectivity index (χ0) is 31.9. The van der Waals surface area contributed by atoms with Crippen molar-refractivity contribution >= 4 is 17.7 Å². The summed E-state index contributed by atoms with van der Waals surface area (Å²) in [6.45, 7) is 18.5. The third-order valence-corrected chi connectivity index (χ3v) is 14.7. The molecule has 9 atom stereocenters. The normalized spacial score (nSPS) is 44.2. The third kappa shape index (κ3) is 4.48. The van der Waals surface area contributed by atoms with E-state index in [4.69, 9.17) is 4.74 Å². The van der Waals surface area contributed by atoms with Gasteiger partial charge in [0.2, 0.25) is 5.91 Å². The second kappa shape index (κ2) is 10.3. The van der Waals surface area contributed by atoms with Crippen molar-refractivity contribution < 1.29 is 19.1 Å². The first-order valence-corrected chi connectivity index (χ1v) is 17.3. The fourth-order valence-corrected chi connectivity index (χ4v) is 11.8. The lowest BCUT2D eigenvalue weighted by atomic mass is 9.33. The van der Waals surface area contributed by atoms with E-state index in [9.17, 15) is 14.4 Å². The van der Waals surface area contributed by atoms with E-state index in [1.165, 1.54) is 12.5 Å². The van der Waals surface area contributed by atoms with Crippen LogP contribution in [-0.2, 0) is 25.7 Å². The fourth-order valence-electron chi connectivity index (χ4n) is 11.8. The Hall–Kier alpha value is -2.43. The number of amides is 1. The van der Waals surface area contributed by atoms with Gasteiger partial charge in [-0.2, -0.15) is 0 Å². The third-order valence-electron chi connectivity index (χ3n) is 14.7. The number of ether oxygens (including phenoxy) is 1. The monoisotopic (exact) mass is 601 g/mol. The van der Waals surface area contributed by atoms with E-state index in [0.29, 0.717) is 18.2 Å². The number of hydrogen-bond donors (Lipinski definition) is 1. The number of carbonyl (C=O) groups excluding carboxylic acids is 3. The molecule has 240 valence electrons. The number of fused-ring (bicyclic) bond motifs is 7. The lowest BCUT2D eigenvalue weighted by Gasteiger charge is -2.70. The van der Waals surface area contributed by atoms with Crippen LogP contribution in [0.4, 0.5) is 0 Å². The zero-order valence-corrected chi connectivity index (χ0v) is 28.5. The fraction of sp³-hybridized carbons (Fsp3) is 0.718. The van der Waals surface area contributed by atoms with Gasteiger partial charge in [0, 0.05) is 30.2 Å². The highest BCUT2D eigenvalue weighted by Gasteiger charge is 2.70. The summed E-state index contributed by atoms with van der Waals surface area (Å²) < 4.78 is 5.88. The van der Waals surface area contributed by atoms with Crippen molar-refractivity contribution in [3.63, 3.8) is 0 Å². The van der Waals surface area contributed by atoms with Crippen LogP contribution in [0.1, 0.15) is 119 Å². The Morgan fingerprint density at radius 1 is 0.886 bits per heavy atom. The highest BCUT2D eigenvalue weighted by atomic mass is 16.5. The SMILES string of the molecule is CC(=O)O[C@@H]1CC[C@]2(C)[C@H](CC[C@]3(C)[C@@H]2C(=O)C=C2[C@@H]4C[C@](C)(C(=O)NCc5ccccc5)CC[C@]4(C)CC[C@]23C)C1(C)C. The quantitative estimate of drug-likeness (QED) is 0.353. The van der Waals surface area contributed by atoms with E-state index in [-0.39, 0.29) is 56.9 Å². The van der Waals surface area contributed by atoms with Gasteiger partial charge in [-0.15, -0.1) is 0 Å². The van der Waals surface area contributed by atoms with Crippen LogP contribution in [0.3, 0.4) is 0 Å². The molecule has 1 aromatic rings. The van der Waals surface area contributed by atoms with Crippen LogP contribution in [0.5, 0.6) is 0 Å². The van der Waals surface area contributed by atoms with Gasteiger partial charge in [0.1, 0.15) is 6.10 Å². The minimum Gasteiger partial charge on any atom is -0.462 e. The molecule has 1 N–H and O–H groups in total. The second-order valence-corrected chi connectivity index (χ2v) is 17.4. The maximum Gasteiger partial charge on any atom is 0.302 e. The molecular formula is C39H55NO4. The number of allylic oxidation sites excluding steroid dienone is 2. The van der Waals surface area contributed by atoms with Gasteiger partial charge >= 0.3 is 5.97 Å². The maximum atomic E-state index is 14.7. The van der Waals surface area contributed by atoms with Crippen LogP contribution >= 0.6 is 0 Å². The van der Waals surface area contributed by atoms with Crippen molar-refractivity contribution in [1.82, 2.24) is 5.32 Å². The van der Waals surface area contributed by atoms with E-state index >= 15 is 0 Å². The van der Waals surface area contributed by atoms with Crippen molar-refractivity contribution in [2.45, 2.75) is 126 Å². The van der Waals surface area contributed by atoms with Crippen LogP contribution in [0, 0.1) is 50.2 Å². The Morgan fingerprint density at radius 3 is 2.25 bits per heavy atom. The number of esters is 1. The standard InChI is InChI=1S/C39H55NO4/c1-25(41)44-31-15-16-37(6)30(34(31,2)3)14-17-39(8)32(37)29(42)22-27-28-23-36(5,19-18-35(28,4)20-21-38(27,39)7)33(43)40-24-26-12-10-9-11-13-26/h9-13,22,28,30-32H,14-21,23-24H2,1-8H3,(H,40,43)/t28-,30+,31+,32+,35+,36+,37+,38+,39+/m0/s1. The zero-order valence-electron chi connectivity index (χ0n) is 28.5. The molecule has 0 radical (unpaired) electrons. The molecular weight excluding hydrogens is 546 g/mol. The van der Waals surface area contributed by atoms with Crippen molar-refractivity contribution in [3.05, 3.63) is 47.5 Å². The molecule has 0 spiro atoms. The van der Waals surface area contributed by atoms with E-state index in [0.717, 1.165) is 63.4 Å². The number of benzene rings is 1. The van der Waals surface area contributed by atoms with Crippen LogP contribution in [0.2, 0.25) is 0 Å². The molecule has 1 amide bonds. The minimum atomic E-state index is -0.457. The molecule has 4 saturated carbocycles. The van der Waals surface area contributed by atoms with Crippen molar-refractivity contribution in [2.24, 2.45) is 50.2 Å². The number of ketones is 1. The van der Waals surface area contributed by atoms with Gasteiger partial charge in [0.25, 0.3) is 0 Å². The van der Waals surface area contributed by atoms with Crippen LogP contribution in [0.25, 0.3) is 0 Å². The summed E-state index contributed by atoms with van der Waals surface area (Å²) in [5.74, 6) is 0.731. The smallest absolute Gasteiger partial charge is 0.302 e. The summed E-state index contributed by atoms with van der Waals surface area (Å²) in [6, 6.07) is 10.1. The summed E-state index contributed by atoms with van der Waals surface area (Å²) in [5.41, 5.74) is 1.55. The Morgan fingerprint density at radius 2 is 1.57 bits per heavy atom. The number of hydrogen-bond acceptors (Lipinski definition) is 4. The summed E-state index contributed by atoms with van der Waals surface area (Å²) >= 11 is 0. The molecule has 44 heavy (non-hydrogen) atoms. The highest BCUT2D eigenvalue weighted by Crippen LogP contribution is 2.75. The Kier molecular flexibility index (Phi) is 7.38. The molecule has 0 unspecified atom stereocenters. The van der Waals surface area contributed by atoms with Gasteiger partial charge < -0.3 is 10.1 Å². The summed E-state index contributed by atoms with van der Waals surface area (Å²) in [4.78, 5) is 40.4. The topological polar surface area (TPSA) is 72.5 Å². The minimum absolute atomic E-state index is 0.0476.